The molecular formula is C29H31BrN2O4. The Morgan fingerprint density at radius 1 is 1.06 bits per heavy atom. The molecule has 0 amide bonds. The van der Waals surface area contributed by atoms with Crippen LogP contribution in [-0.4, -0.2) is 52.9 Å². The van der Waals surface area contributed by atoms with E-state index in [1.54, 1.807) is 19.5 Å². The third kappa shape index (κ3) is 3.36. The van der Waals surface area contributed by atoms with E-state index in [4.69, 9.17) is 9.47 Å². The fraction of sp³-hybridized carbons (Fsp3) is 0.414. The van der Waals surface area contributed by atoms with Crippen LogP contribution < -0.4 is 9.47 Å². The number of likely N-dealkylation sites (tertiary alicyclic amines) is 1. The summed E-state index contributed by atoms with van der Waals surface area (Å²) >= 11 is 3.55. The third-order valence-corrected chi connectivity index (χ3v) is 8.89. The molecule has 5 atom stereocenters. The lowest BCUT2D eigenvalue weighted by molar-refractivity contribution is -0.152. The van der Waals surface area contributed by atoms with Crippen molar-refractivity contribution in [2.45, 2.75) is 42.5 Å². The zero-order chi connectivity index (χ0) is 24.9. The van der Waals surface area contributed by atoms with Crippen LogP contribution in [0.5, 0.6) is 11.5 Å². The first-order valence-electron chi connectivity index (χ1n) is 12.7. The molecule has 2 aromatic carbocycles. The van der Waals surface area contributed by atoms with Crippen LogP contribution in [0.4, 0.5) is 0 Å². The Balaban J connectivity index is 1.61. The summed E-state index contributed by atoms with van der Waals surface area (Å²) in [5, 5.41) is 25.0. The summed E-state index contributed by atoms with van der Waals surface area (Å²) in [6.07, 6.45) is 5.65. The van der Waals surface area contributed by atoms with E-state index in [2.05, 4.69) is 37.9 Å². The Hall–Kier alpha value is -2.45. The summed E-state index contributed by atoms with van der Waals surface area (Å²) in [5.41, 5.74) is -0.714. The van der Waals surface area contributed by atoms with E-state index in [0.717, 1.165) is 41.5 Å². The summed E-state index contributed by atoms with van der Waals surface area (Å²) < 4.78 is 13.5. The number of hydrogen-bond donors (Lipinski definition) is 2. The van der Waals surface area contributed by atoms with Gasteiger partial charge in [-0.05, 0) is 49.2 Å². The van der Waals surface area contributed by atoms with E-state index >= 15 is 0 Å². The molecule has 6 rings (SSSR count). The zero-order valence-electron chi connectivity index (χ0n) is 20.3. The second-order valence-electron chi connectivity index (χ2n) is 10.2. The number of halogens is 1. The number of ether oxygens (including phenoxy) is 2. The van der Waals surface area contributed by atoms with Crippen LogP contribution in [0.25, 0.3) is 0 Å². The number of aliphatic hydroxyl groups is 2. The van der Waals surface area contributed by atoms with Crippen molar-refractivity contribution in [3.63, 3.8) is 0 Å². The highest BCUT2D eigenvalue weighted by atomic mass is 79.9. The number of benzene rings is 2. The van der Waals surface area contributed by atoms with Crippen LogP contribution in [0.2, 0.25) is 0 Å². The number of hydrogen-bond acceptors (Lipinski definition) is 6. The van der Waals surface area contributed by atoms with Gasteiger partial charge >= 0.3 is 0 Å². The second-order valence-corrected chi connectivity index (χ2v) is 11.1. The van der Waals surface area contributed by atoms with Crippen LogP contribution in [0.1, 0.15) is 41.9 Å². The largest absolute Gasteiger partial charge is 0.495 e. The number of rotatable bonds is 5. The minimum atomic E-state index is -1.74. The smallest absolute Gasteiger partial charge is 0.177 e. The molecule has 1 aromatic heterocycles. The van der Waals surface area contributed by atoms with E-state index in [9.17, 15) is 10.2 Å². The zero-order valence-corrected chi connectivity index (χ0v) is 21.9. The predicted octanol–water partition coefficient (Wildman–Crippen LogP) is 4.59. The molecule has 2 aliphatic heterocycles. The average Bonchev–Trinajstić information content (AvgIpc) is 3.28. The summed E-state index contributed by atoms with van der Waals surface area (Å²) in [7, 11) is 1.56. The number of fused-ring (bicyclic) bond motifs is 3. The molecule has 36 heavy (non-hydrogen) atoms. The van der Waals surface area contributed by atoms with E-state index < -0.39 is 17.3 Å². The van der Waals surface area contributed by atoms with Crippen LogP contribution in [0.3, 0.4) is 0 Å². The normalized spacial score (nSPS) is 31.5. The molecule has 0 radical (unpaired) electrons. The number of piperidine rings is 1. The lowest BCUT2D eigenvalue weighted by atomic mass is 9.70. The van der Waals surface area contributed by atoms with Gasteiger partial charge in [0.15, 0.2) is 11.2 Å². The number of pyridine rings is 1. The van der Waals surface area contributed by atoms with Crippen LogP contribution in [-0.2, 0) is 11.2 Å². The molecule has 5 unspecified atom stereocenters. The van der Waals surface area contributed by atoms with Gasteiger partial charge in [-0.2, -0.15) is 0 Å². The third-order valence-electron chi connectivity index (χ3n) is 8.36. The van der Waals surface area contributed by atoms with Gasteiger partial charge in [0, 0.05) is 22.9 Å². The summed E-state index contributed by atoms with van der Waals surface area (Å²) in [6, 6.07) is 18.0. The molecule has 3 heterocycles. The Labute approximate surface area is 220 Å². The Morgan fingerprint density at radius 3 is 2.47 bits per heavy atom. The first-order valence-corrected chi connectivity index (χ1v) is 13.4. The second kappa shape index (κ2) is 9.14. The maximum Gasteiger partial charge on any atom is 0.177 e. The highest BCUT2D eigenvalue weighted by Gasteiger charge is 2.76. The molecule has 3 aliphatic rings. The van der Waals surface area contributed by atoms with Crippen molar-refractivity contribution in [3.8, 4) is 11.5 Å². The lowest BCUT2D eigenvalue weighted by Crippen LogP contribution is -2.52. The van der Waals surface area contributed by atoms with Crippen molar-refractivity contribution < 1.29 is 19.7 Å². The lowest BCUT2D eigenvalue weighted by Gasteiger charge is -2.41. The molecular weight excluding hydrogens is 520 g/mol. The topological polar surface area (TPSA) is 75.0 Å². The number of aliphatic hydroxyl groups excluding tert-OH is 1. The van der Waals surface area contributed by atoms with E-state index in [-0.39, 0.29) is 11.8 Å². The first kappa shape index (κ1) is 23.9. The molecule has 7 heteroatoms. The Kier molecular flexibility index (Phi) is 6.07. The van der Waals surface area contributed by atoms with Crippen molar-refractivity contribution in [3.05, 3.63) is 88.2 Å². The van der Waals surface area contributed by atoms with Gasteiger partial charge in [0.1, 0.15) is 11.5 Å². The summed E-state index contributed by atoms with van der Waals surface area (Å²) in [5.74, 6) is 0.263. The number of aromatic nitrogens is 1. The van der Waals surface area contributed by atoms with Gasteiger partial charge in [0.2, 0.25) is 0 Å². The predicted molar refractivity (Wildman–Crippen MR) is 140 cm³/mol. The fourth-order valence-electron chi connectivity index (χ4n) is 6.87. The summed E-state index contributed by atoms with van der Waals surface area (Å²) in [4.78, 5) is 6.73. The van der Waals surface area contributed by atoms with Crippen LogP contribution >= 0.6 is 15.9 Å². The van der Waals surface area contributed by atoms with Gasteiger partial charge in [0.25, 0.3) is 0 Å². The molecule has 1 saturated carbocycles. The van der Waals surface area contributed by atoms with Crippen molar-refractivity contribution >= 4 is 15.9 Å². The van der Waals surface area contributed by atoms with E-state index in [1.165, 1.54) is 6.42 Å². The molecule has 2 fully saturated rings. The monoisotopic (exact) mass is 550 g/mol. The van der Waals surface area contributed by atoms with Crippen LogP contribution in [0, 0.1) is 5.92 Å². The standard InChI is InChI=1S/C29H31BrN2O4/c1-35-23-16-31-17-24-26(23)28(34)27(33)22(18-32-14-6-3-7-15-32)25(19-8-4-2-5-9-19)29(28,36-24)20-10-12-21(30)13-11-20/h2,4-5,8-13,16-17,22,25,27,33-34H,3,6-7,14-15,18H2,1H3. The van der Waals surface area contributed by atoms with E-state index in [0.29, 0.717) is 23.6 Å². The highest BCUT2D eigenvalue weighted by molar-refractivity contribution is 9.10. The molecule has 2 N–H and O–H groups in total. The first-order chi connectivity index (χ1) is 17.5. The molecule has 0 bridgehead atoms. The summed E-state index contributed by atoms with van der Waals surface area (Å²) in [6.45, 7) is 2.67. The van der Waals surface area contributed by atoms with E-state index in [1.807, 2.05) is 42.5 Å². The SMILES string of the molecule is COc1cncc2c1C1(O)C(O)C(CN3CCCCC3)C(c3ccccc3)C1(c1ccc(Br)cc1)O2. The molecule has 1 saturated heterocycles. The minimum absolute atomic E-state index is 0.273. The van der Waals surface area contributed by atoms with Gasteiger partial charge in [-0.15, -0.1) is 0 Å². The number of nitrogens with zero attached hydrogens (tertiary/aromatic N) is 2. The van der Waals surface area contributed by atoms with Crippen LogP contribution in [0.15, 0.2) is 71.5 Å². The maximum absolute atomic E-state index is 12.9. The molecule has 3 aromatic rings. The molecule has 188 valence electrons. The average molecular weight is 551 g/mol. The van der Waals surface area contributed by atoms with Gasteiger partial charge in [0.05, 0.1) is 31.2 Å². The van der Waals surface area contributed by atoms with Crippen molar-refractivity contribution in [1.82, 2.24) is 9.88 Å². The fourth-order valence-corrected chi connectivity index (χ4v) is 7.14. The Morgan fingerprint density at radius 2 is 1.78 bits per heavy atom. The van der Waals surface area contributed by atoms with Crippen molar-refractivity contribution in [2.75, 3.05) is 26.7 Å². The van der Waals surface area contributed by atoms with Gasteiger partial charge < -0.3 is 24.6 Å². The molecule has 6 nitrogen and oxygen atoms in total. The quantitative estimate of drug-likeness (QED) is 0.484. The highest BCUT2D eigenvalue weighted by Crippen LogP contribution is 2.69. The van der Waals surface area contributed by atoms with Gasteiger partial charge in [-0.25, -0.2) is 0 Å². The maximum atomic E-state index is 12.9. The van der Waals surface area contributed by atoms with Gasteiger partial charge in [-0.1, -0.05) is 64.8 Å². The van der Waals surface area contributed by atoms with Gasteiger partial charge in [-0.3, -0.25) is 4.98 Å². The van der Waals surface area contributed by atoms with Crippen molar-refractivity contribution in [1.29, 1.82) is 0 Å². The van der Waals surface area contributed by atoms with Crippen molar-refractivity contribution in [2.24, 2.45) is 5.92 Å². The molecule has 1 aliphatic carbocycles. The Bertz CT molecular complexity index is 1230. The molecule has 0 spiro atoms. The minimum Gasteiger partial charge on any atom is -0.495 e. The number of methoxy groups -OCH3 is 1.